The molecule has 0 radical (unpaired) electrons. The molecule has 1 amide bonds. The van der Waals surface area contributed by atoms with Crippen molar-refractivity contribution in [3.8, 4) is 23.1 Å². The minimum Gasteiger partial charge on any atom is -0.490 e. The van der Waals surface area contributed by atoms with Gasteiger partial charge >= 0.3 is 0 Å². The standard InChI is InChI=1S/C22H20Cl2N2O4/c1-2-28-18-5-3-4-6-19(18)30-22-10-7-15(13-26-22)12-25-21(27)14-29-20-11-16(23)8-9-17(20)24/h3-11,13H,2,12,14H2,1H3,(H,25,27). The highest BCUT2D eigenvalue weighted by Crippen LogP contribution is 2.30. The first-order chi connectivity index (χ1) is 14.5. The second-order valence-electron chi connectivity index (χ2n) is 6.13. The maximum absolute atomic E-state index is 12.0. The van der Waals surface area contributed by atoms with Gasteiger partial charge in [0.2, 0.25) is 5.88 Å². The molecule has 0 bridgehead atoms. The predicted molar refractivity (Wildman–Crippen MR) is 116 cm³/mol. The summed E-state index contributed by atoms with van der Waals surface area (Å²) in [4.78, 5) is 16.3. The van der Waals surface area contributed by atoms with E-state index < -0.39 is 0 Å². The van der Waals surface area contributed by atoms with E-state index in [2.05, 4.69) is 10.3 Å². The molecular weight excluding hydrogens is 427 g/mol. The van der Waals surface area contributed by atoms with Crippen LogP contribution in [0.25, 0.3) is 0 Å². The van der Waals surface area contributed by atoms with Gasteiger partial charge in [-0.05, 0) is 36.8 Å². The fraction of sp³-hybridized carbons (Fsp3) is 0.182. The number of rotatable bonds is 9. The average molecular weight is 447 g/mol. The smallest absolute Gasteiger partial charge is 0.258 e. The fourth-order valence-electron chi connectivity index (χ4n) is 2.48. The van der Waals surface area contributed by atoms with Crippen LogP contribution in [0.2, 0.25) is 10.0 Å². The third-order valence-electron chi connectivity index (χ3n) is 3.90. The van der Waals surface area contributed by atoms with Crippen molar-refractivity contribution < 1.29 is 19.0 Å². The number of hydrogen-bond acceptors (Lipinski definition) is 5. The summed E-state index contributed by atoms with van der Waals surface area (Å²) < 4.78 is 16.7. The Morgan fingerprint density at radius 2 is 1.80 bits per heavy atom. The van der Waals surface area contributed by atoms with Crippen LogP contribution in [0.5, 0.6) is 23.1 Å². The lowest BCUT2D eigenvalue weighted by molar-refractivity contribution is -0.123. The summed E-state index contributed by atoms with van der Waals surface area (Å²) in [6, 6.07) is 15.7. The van der Waals surface area contributed by atoms with Crippen molar-refractivity contribution in [1.82, 2.24) is 10.3 Å². The van der Waals surface area contributed by atoms with E-state index in [-0.39, 0.29) is 12.5 Å². The zero-order chi connectivity index (χ0) is 21.3. The highest BCUT2D eigenvalue weighted by Gasteiger charge is 2.08. The number of pyridine rings is 1. The predicted octanol–water partition coefficient (Wildman–Crippen LogP) is 5.27. The lowest BCUT2D eigenvalue weighted by Crippen LogP contribution is -2.28. The summed E-state index contributed by atoms with van der Waals surface area (Å²) >= 11 is 11.9. The number of carbonyl (C=O) groups excluding carboxylic acids is 1. The van der Waals surface area contributed by atoms with E-state index in [1.54, 1.807) is 30.5 Å². The molecular formula is C22H20Cl2N2O4. The molecule has 0 atom stereocenters. The number of hydrogen-bond donors (Lipinski definition) is 1. The number of carbonyl (C=O) groups is 1. The maximum Gasteiger partial charge on any atom is 0.258 e. The Balaban J connectivity index is 1.50. The molecule has 0 fully saturated rings. The maximum atomic E-state index is 12.0. The monoisotopic (exact) mass is 446 g/mol. The molecule has 6 nitrogen and oxygen atoms in total. The van der Waals surface area contributed by atoms with Crippen molar-refractivity contribution in [3.05, 3.63) is 76.4 Å². The van der Waals surface area contributed by atoms with Crippen molar-refractivity contribution in [3.63, 3.8) is 0 Å². The highest BCUT2D eigenvalue weighted by atomic mass is 35.5. The van der Waals surface area contributed by atoms with Crippen LogP contribution in [-0.4, -0.2) is 24.1 Å². The topological polar surface area (TPSA) is 69.7 Å². The molecule has 1 heterocycles. The second-order valence-corrected chi connectivity index (χ2v) is 6.97. The number of aromatic nitrogens is 1. The first-order valence-corrected chi connectivity index (χ1v) is 10.00. The van der Waals surface area contributed by atoms with E-state index in [4.69, 9.17) is 37.4 Å². The molecule has 2 aromatic carbocycles. The molecule has 1 N–H and O–H groups in total. The molecule has 0 aliphatic heterocycles. The van der Waals surface area contributed by atoms with Gasteiger partial charge in [-0.15, -0.1) is 0 Å². The third kappa shape index (κ3) is 6.27. The van der Waals surface area contributed by atoms with Crippen LogP contribution >= 0.6 is 23.2 Å². The summed E-state index contributed by atoms with van der Waals surface area (Å²) in [6.45, 7) is 2.57. The quantitative estimate of drug-likeness (QED) is 0.484. The fourth-order valence-corrected chi connectivity index (χ4v) is 2.81. The lowest BCUT2D eigenvalue weighted by Gasteiger charge is -2.11. The third-order valence-corrected chi connectivity index (χ3v) is 4.45. The normalized spacial score (nSPS) is 10.4. The molecule has 0 saturated carbocycles. The molecule has 156 valence electrons. The van der Waals surface area contributed by atoms with E-state index in [0.29, 0.717) is 46.3 Å². The molecule has 0 spiro atoms. The van der Waals surface area contributed by atoms with E-state index in [1.165, 1.54) is 0 Å². The van der Waals surface area contributed by atoms with E-state index in [0.717, 1.165) is 5.56 Å². The van der Waals surface area contributed by atoms with Gasteiger partial charge in [-0.25, -0.2) is 4.98 Å². The van der Waals surface area contributed by atoms with Crippen molar-refractivity contribution in [2.45, 2.75) is 13.5 Å². The van der Waals surface area contributed by atoms with Gasteiger partial charge in [0.05, 0.1) is 11.6 Å². The first-order valence-electron chi connectivity index (χ1n) is 9.24. The number of benzene rings is 2. The van der Waals surface area contributed by atoms with Gasteiger partial charge in [-0.1, -0.05) is 41.4 Å². The number of amides is 1. The number of ether oxygens (including phenoxy) is 3. The highest BCUT2D eigenvalue weighted by molar-refractivity contribution is 6.34. The second kappa shape index (κ2) is 10.7. The Morgan fingerprint density at radius 1 is 1.00 bits per heavy atom. The number of para-hydroxylation sites is 2. The minimum atomic E-state index is -0.294. The van der Waals surface area contributed by atoms with Gasteiger partial charge in [-0.3, -0.25) is 4.79 Å². The Labute approximate surface area is 184 Å². The van der Waals surface area contributed by atoms with E-state index in [9.17, 15) is 4.79 Å². The molecule has 1 aromatic heterocycles. The zero-order valence-electron chi connectivity index (χ0n) is 16.2. The summed E-state index contributed by atoms with van der Waals surface area (Å²) in [5.74, 6) is 1.73. The van der Waals surface area contributed by atoms with Crippen LogP contribution in [0, 0.1) is 0 Å². The van der Waals surface area contributed by atoms with Crippen LogP contribution in [0.1, 0.15) is 12.5 Å². The number of nitrogens with zero attached hydrogens (tertiary/aromatic N) is 1. The molecule has 8 heteroatoms. The van der Waals surface area contributed by atoms with Crippen molar-refractivity contribution in [2.75, 3.05) is 13.2 Å². The number of halogens is 2. The van der Waals surface area contributed by atoms with Crippen molar-refractivity contribution >= 4 is 29.1 Å². The van der Waals surface area contributed by atoms with E-state index in [1.807, 2.05) is 37.3 Å². The molecule has 3 aromatic rings. The Hall–Kier alpha value is -2.96. The van der Waals surface area contributed by atoms with Gasteiger partial charge < -0.3 is 19.5 Å². The van der Waals surface area contributed by atoms with Gasteiger partial charge in [0.15, 0.2) is 18.1 Å². The van der Waals surface area contributed by atoms with Crippen LogP contribution in [0.4, 0.5) is 0 Å². The van der Waals surface area contributed by atoms with E-state index >= 15 is 0 Å². The summed E-state index contributed by atoms with van der Waals surface area (Å²) in [6.07, 6.45) is 1.63. The van der Waals surface area contributed by atoms with Crippen LogP contribution in [-0.2, 0) is 11.3 Å². The van der Waals surface area contributed by atoms with Crippen LogP contribution < -0.4 is 19.5 Å². The van der Waals surface area contributed by atoms with Gasteiger partial charge in [0.25, 0.3) is 5.91 Å². The van der Waals surface area contributed by atoms with Crippen LogP contribution in [0.15, 0.2) is 60.8 Å². The van der Waals surface area contributed by atoms with Crippen LogP contribution in [0.3, 0.4) is 0 Å². The van der Waals surface area contributed by atoms with Gasteiger partial charge in [0.1, 0.15) is 5.75 Å². The van der Waals surface area contributed by atoms with Gasteiger partial charge in [0, 0.05) is 29.9 Å². The number of nitrogens with one attached hydrogen (secondary N) is 1. The SMILES string of the molecule is CCOc1ccccc1Oc1ccc(CNC(=O)COc2cc(Cl)ccc2Cl)cn1. The zero-order valence-corrected chi connectivity index (χ0v) is 17.7. The summed E-state index contributed by atoms with van der Waals surface area (Å²) in [5, 5.41) is 3.62. The first kappa shape index (κ1) is 21.7. The largest absolute Gasteiger partial charge is 0.490 e. The van der Waals surface area contributed by atoms with Gasteiger partial charge in [-0.2, -0.15) is 0 Å². The summed E-state index contributed by atoms with van der Waals surface area (Å²) in [7, 11) is 0. The Bertz CT molecular complexity index is 997. The van der Waals surface area contributed by atoms with Crippen molar-refractivity contribution in [2.24, 2.45) is 0 Å². The summed E-state index contributed by atoms with van der Waals surface area (Å²) in [5.41, 5.74) is 0.814. The Kier molecular flexibility index (Phi) is 7.76. The molecule has 0 saturated heterocycles. The van der Waals surface area contributed by atoms with Crippen molar-refractivity contribution in [1.29, 1.82) is 0 Å². The Morgan fingerprint density at radius 3 is 2.53 bits per heavy atom. The lowest BCUT2D eigenvalue weighted by atomic mass is 10.3. The average Bonchev–Trinajstić information content (AvgIpc) is 2.75. The molecule has 0 aliphatic carbocycles. The molecule has 30 heavy (non-hydrogen) atoms. The molecule has 0 unspecified atom stereocenters. The molecule has 3 rings (SSSR count). The molecule has 0 aliphatic rings. The minimum absolute atomic E-state index is 0.178.